The molecule has 1 aliphatic heterocycles. The van der Waals surface area contributed by atoms with E-state index in [-0.39, 0.29) is 55.9 Å². The third-order valence-electron chi connectivity index (χ3n) is 7.35. The summed E-state index contributed by atoms with van der Waals surface area (Å²) in [6.45, 7) is 8.69. The van der Waals surface area contributed by atoms with Crippen LogP contribution in [0.5, 0.6) is 0 Å². The highest BCUT2D eigenvalue weighted by molar-refractivity contribution is 5.86. The van der Waals surface area contributed by atoms with Crippen LogP contribution in [0.1, 0.15) is 43.2 Å². The number of nitrogens with zero attached hydrogens (tertiary/aromatic N) is 2. The molecule has 0 bridgehead atoms. The second kappa shape index (κ2) is 16.4. The number of ether oxygens (including phenoxy) is 1. The molecule has 1 N–H and O–H groups in total. The van der Waals surface area contributed by atoms with Crippen molar-refractivity contribution in [3.63, 3.8) is 0 Å². The van der Waals surface area contributed by atoms with E-state index < -0.39 is 5.92 Å². The zero-order valence-electron chi connectivity index (χ0n) is 23.3. The summed E-state index contributed by atoms with van der Waals surface area (Å²) in [4.78, 5) is 43.2. The van der Waals surface area contributed by atoms with E-state index in [1.165, 1.54) is 0 Å². The Hall–Kier alpha value is -3.71. The van der Waals surface area contributed by atoms with Crippen LogP contribution in [-0.2, 0) is 32.1 Å². The number of hydrogen-bond donors (Lipinski definition) is 1. The number of hydrogen-bond acceptors (Lipinski definition) is 5. The van der Waals surface area contributed by atoms with Gasteiger partial charge >= 0.3 is 5.97 Å². The van der Waals surface area contributed by atoms with Gasteiger partial charge in [0.2, 0.25) is 11.8 Å². The van der Waals surface area contributed by atoms with E-state index in [4.69, 9.17) is 4.74 Å². The largest absolute Gasteiger partial charge is 0.463 e. The number of carbonyl (C=O) groups is 3. The maximum atomic E-state index is 13.6. The standard InChI is InChI=1S/C33H42N2O5/c1-3-12-28(23-31(37)34(20-21-36)24-27-16-9-6-10-17-27)32(38)35-19-11-18-30(35)25-40-33(39)29(13-4-2)22-26-14-7-5-8-15-26/h3-10,14-17,28-30,36H,1-2,11-13,18-25H2/t28-,29+,30-/m0/s1. The Balaban J connectivity index is 1.61. The van der Waals surface area contributed by atoms with Gasteiger partial charge in [0.05, 0.1) is 24.5 Å². The van der Waals surface area contributed by atoms with E-state index >= 15 is 0 Å². The second-order valence-corrected chi connectivity index (χ2v) is 10.3. The minimum atomic E-state index is -0.565. The van der Waals surface area contributed by atoms with Crippen molar-refractivity contribution in [1.82, 2.24) is 9.80 Å². The van der Waals surface area contributed by atoms with E-state index in [9.17, 15) is 19.5 Å². The molecule has 214 valence electrons. The van der Waals surface area contributed by atoms with Gasteiger partial charge in [0.1, 0.15) is 6.61 Å². The van der Waals surface area contributed by atoms with Crippen LogP contribution in [0.25, 0.3) is 0 Å². The molecule has 7 nitrogen and oxygen atoms in total. The van der Waals surface area contributed by atoms with Crippen molar-refractivity contribution in [1.29, 1.82) is 0 Å². The molecule has 1 heterocycles. The van der Waals surface area contributed by atoms with Crippen LogP contribution in [0.4, 0.5) is 0 Å². The first-order valence-electron chi connectivity index (χ1n) is 14.1. The predicted octanol–water partition coefficient (Wildman–Crippen LogP) is 4.56. The van der Waals surface area contributed by atoms with Crippen molar-refractivity contribution in [2.75, 3.05) is 26.3 Å². The topological polar surface area (TPSA) is 87.2 Å². The quantitative estimate of drug-likeness (QED) is 0.246. The normalized spacial score (nSPS) is 16.1. The van der Waals surface area contributed by atoms with Crippen LogP contribution in [0.3, 0.4) is 0 Å². The molecule has 0 spiro atoms. The minimum Gasteiger partial charge on any atom is -0.463 e. The molecular weight excluding hydrogens is 504 g/mol. The first-order valence-corrected chi connectivity index (χ1v) is 14.1. The van der Waals surface area contributed by atoms with E-state index in [0.29, 0.717) is 32.4 Å². The molecule has 3 rings (SSSR count). The summed E-state index contributed by atoms with van der Waals surface area (Å²) in [5.74, 6) is -1.50. The Morgan fingerprint density at radius 3 is 2.23 bits per heavy atom. The number of benzene rings is 2. The highest BCUT2D eigenvalue weighted by Gasteiger charge is 2.35. The lowest BCUT2D eigenvalue weighted by Gasteiger charge is -2.30. The molecule has 0 saturated carbocycles. The lowest BCUT2D eigenvalue weighted by Crippen LogP contribution is -2.44. The van der Waals surface area contributed by atoms with Crippen molar-refractivity contribution in [3.05, 3.63) is 97.1 Å². The number of aliphatic hydroxyl groups excluding tert-OH is 1. The molecule has 2 amide bonds. The Morgan fingerprint density at radius 2 is 1.60 bits per heavy atom. The summed E-state index contributed by atoms with van der Waals surface area (Å²) in [7, 11) is 0. The van der Waals surface area contributed by atoms with Crippen LogP contribution in [0.2, 0.25) is 0 Å². The predicted molar refractivity (Wildman–Crippen MR) is 156 cm³/mol. The Kier molecular flexibility index (Phi) is 12.6. The number of likely N-dealkylation sites (tertiary alicyclic amines) is 1. The van der Waals surface area contributed by atoms with Crippen LogP contribution >= 0.6 is 0 Å². The Bertz CT molecular complexity index is 1100. The van der Waals surface area contributed by atoms with E-state index in [0.717, 1.165) is 24.0 Å². The number of allylic oxidation sites excluding steroid dienone is 2. The molecule has 0 aliphatic carbocycles. The summed E-state index contributed by atoms with van der Waals surface area (Å²) < 4.78 is 5.75. The monoisotopic (exact) mass is 546 g/mol. The van der Waals surface area contributed by atoms with Gasteiger partial charge in [0.25, 0.3) is 0 Å². The van der Waals surface area contributed by atoms with Crippen molar-refractivity contribution in [2.24, 2.45) is 11.8 Å². The zero-order valence-corrected chi connectivity index (χ0v) is 23.3. The number of carbonyl (C=O) groups excluding carboxylic acids is 3. The summed E-state index contributed by atoms with van der Waals surface area (Å²) in [5, 5.41) is 9.54. The molecule has 2 aromatic carbocycles. The fourth-order valence-electron chi connectivity index (χ4n) is 5.22. The molecule has 40 heavy (non-hydrogen) atoms. The lowest BCUT2D eigenvalue weighted by molar-refractivity contribution is -0.152. The molecule has 7 heteroatoms. The highest BCUT2D eigenvalue weighted by atomic mass is 16.5. The minimum absolute atomic E-state index is 0.0270. The molecule has 1 fully saturated rings. The molecule has 3 atom stereocenters. The smallest absolute Gasteiger partial charge is 0.309 e. The van der Waals surface area contributed by atoms with Gasteiger partial charge in [-0.15, -0.1) is 13.2 Å². The fourth-order valence-corrected chi connectivity index (χ4v) is 5.22. The lowest BCUT2D eigenvalue weighted by atomic mass is 9.96. The van der Waals surface area contributed by atoms with Crippen molar-refractivity contribution < 1.29 is 24.2 Å². The number of aliphatic hydroxyl groups is 1. The van der Waals surface area contributed by atoms with Gasteiger partial charge in [-0.3, -0.25) is 14.4 Å². The van der Waals surface area contributed by atoms with E-state index in [1.807, 2.05) is 60.7 Å². The first-order chi connectivity index (χ1) is 19.5. The van der Waals surface area contributed by atoms with Gasteiger partial charge in [0.15, 0.2) is 0 Å². The summed E-state index contributed by atoms with van der Waals surface area (Å²) in [5.41, 5.74) is 2.02. The third kappa shape index (κ3) is 9.19. The molecule has 0 radical (unpaired) electrons. The van der Waals surface area contributed by atoms with Crippen LogP contribution < -0.4 is 0 Å². The first kappa shape index (κ1) is 30.8. The molecule has 0 aromatic heterocycles. The maximum absolute atomic E-state index is 13.6. The summed E-state index contributed by atoms with van der Waals surface area (Å²) in [6, 6.07) is 19.2. The number of esters is 1. The molecule has 0 unspecified atom stereocenters. The fraction of sp³-hybridized carbons (Fsp3) is 0.424. The van der Waals surface area contributed by atoms with Gasteiger partial charge in [0, 0.05) is 26.1 Å². The number of amides is 2. The Morgan fingerprint density at radius 1 is 0.975 bits per heavy atom. The molecule has 1 aliphatic rings. The molecule has 2 aromatic rings. The van der Waals surface area contributed by atoms with E-state index in [1.54, 1.807) is 22.0 Å². The van der Waals surface area contributed by atoms with Gasteiger partial charge in [-0.05, 0) is 43.2 Å². The van der Waals surface area contributed by atoms with E-state index in [2.05, 4.69) is 13.2 Å². The number of rotatable bonds is 16. The van der Waals surface area contributed by atoms with Crippen LogP contribution in [0.15, 0.2) is 86.0 Å². The van der Waals surface area contributed by atoms with Crippen molar-refractivity contribution >= 4 is 17.8 Å². The van der Waals surface area contributed by atoms with Crippen molar-refractivity contribution in [3.8, 4) is 0 Å². The summed E-state index contributed by atoms with van der Waals surface area (Å²) >= 11 is 0. The Labute approximate surface area is 238 Å². The SMILES string of the molecule is C=CC[C@H](Cc1ccccc1)C(=O)OC[C@@H]1CCCN1C(=O)[C@@H](CC=C)CC(=O)N(CCO)Cc1ccccc1. The molecule has 1 saturated heterocycles. The van der Waals surface area contributed by atoms with Gasteiger partial charge in [-0.25, -0.2) is 0 Å². The van der Waals surface area contributed by atoms with Crippen LogP contribution in [0, 0.1) is 11.8 Å². The van der Waals surface area contributed by atoms with Crippen molar-refractivity contribution in [2.45, 2.75) is 51.1 Å². The van der Waals surface area contributed by atoms with Crippen LogP contribution in [-0.4, -0.2) is 65.0 Å². The maximum Gasteiger partial charge on any atom is 0.309 e. The zero-order chi connectivity index (χ0) is 28.7. The van der Waals surface area contributed by atoms with Gasteiger partial charge in [-0.1, -0.05) is 72.8 Å². The average molecular weight is 547 g/mol. The third-order valence-corrected chi connectivity index (χ3v) is 7.35. The van der Waals surface area contributed by atoms with Gasteiger partial charge in [-0.2, -0.15) is 0 Å². The van der Waals surface area contributed by atoms with Gasteiger partial charge < -0.3 is 19.6 Å². The average Bonchev–Trinajstić information content (AvgIpc) is 3.44. The summed E-state index contributed by atoms with van der Waals surface area (Å²) in [6.07, 6.45) is 6.42. The molecular formula is C33H42N2O5. The highest BCUT2D eigenvalue weighted by Crippen LogP contribution is 2.25. The second-order valence-electron chi connectivity index (χ2n) is 10.3.